The number of hydrogen-bond acceptors (Lipinski definition) is 3. The van der Waals surface area contributed by atoms with Crippen molar-refractivity contribution >= 4 is 15.7 Å². The molecule has 0 N–H and O–H groups in total. The van der Waals surface area contributed by atoms with E-state index in [9.17, 15) is 8.42 Å². The fourth-order valence-corrected chi connectivity index (χ4v) is 4.66. The highest BCUT2D eigenvalue weighted by molar-refractivity contribution is 7.90. The van der Waals surface area contributed by atoms with Crippen molar-refractivity contribution in [2.24, 2.45) is 0 Å². The third kappa shape index (κ3) is 2.03. The second kappa shape index (κ2) is 4.30. The van der Waals surface area contributed by atoms with Crippen LogP contribution in [0.3, 0.4) is 0 Å². The lowest BCUT2D eigenvalue weighted by atomic mass is 10.4. The van der Waals surface area contributed by atoms with E-state index in [1.807, 2.05) is 28.8 Å². The number of rotatable bonds is 5. The number of fused-ring (bicyclic) bond motifs is 1. The minimum Gasteiger partial charge on any atom is -0.303 e. The summed E-state index contributed by atoms with van der Waals surface area (Å²) in [6, 6.07) is 6.01. The molecule has 0 saturated heterocycles. The molecule has 0 radical (unpaired) electrons. The van der Waals surface area contributed by atoms with Crippen LogP contribution in [0.1, 0.15) is 31.4 Å². The number of aromatic nitrogens is 2. The van der Waals surface area contributed by atoms with Gasteiger partial charge >= 0.3 is 0 Å². The van der Waals surface area contributed by atoms with Crippen molar-refractivity contribution in [3.8, 4) is 0 Å². The highest BCUT2D eigenvalue weighted by Gasteiger charge is 2.45. The fraction of sp³-hybridized carbons (Fsp3) is 0.500. The Morgan fingerprint density at radius 3 is 2.75 bits per heavy atom. The van der Waals surface area contributed by atoms with Crippen molar-refractivity contribution < 1.29 is 8.42 Å². The monoisotopic (exact) mass is 291 g/mol. The molecule has 106 valence electrons. The van der Waals surface area contributed by atoms with E-state index in [0.29, 0.717) is 6.54 Å². The molecule has 0 unspecified atom stereocenters. The van der Waals surface area contributed by atoms with Crippen molar-refractivity contribution in [1.29, 1.82) is 0 Å². The van der Waals surface area contributed by atoms with Gasteiger partial charge in [0.25, 0.3) is 0 Å². The van der Waals surface area contributed by atoms with Gasteiger partial charge in [-0.3, -0.25) is 0 Å². The van der Waals surface area contributed by atoms with Gasteiger partial charge < -0.3 is 4.40 Å². The summed E-state index contributed by atoms with van der Waals surface area (Å²) in [6.07, 6.45) is 7.34. The average Bonchev–Trinajstić information content (AvgIpc) is 3.32. The first-order valence-corrected chi connectivity index (χ1v) is 8.58. The van der Waals surface area contributed by atoms with Crippen LogP contribution in [-0.2, 0) is 16.6 Å². The van der Waals surface area contributed by atoms with Gasteiger partial charge in [0.2, 0.25) is 10.0 Å². The van der Waals surface area contributed by atoms with E-state index in [1.54, 1.807) is 10.5 Å². The zero-order valence-electron chi connectivity index (χ0n) is 11.1. The zero-order chi connectivity index (χ0) is 13.7. The molecular weight excluding hydrogens is 274 g/mol. The summed E-state index contributed by atoms with van der Waals surface area (Å²) in [5.74, 6) is 0. The minimum absolute atomic E-state index is 0.137. The van der Waals surface area contributed by atoms with Crippen LogP contribution < -0.4 is 0 Å². The van der Waals surface area contributed by atoms with Crippen molar-refractivity contribution in [3.05, 3.63) is 36.3 Å². The highest BCUT2D eigenvalue weighted by atomic mass is 32.2. The largest absolute Gasteiger partial charge is 0.303 e. The second-order valence-electron chi connectivity index (χ2n) is 5.70. The fourth-order valence-electron chi connectivity index (χ4n) is 2.61. The zero-order valence-corrected chi connectivity index (χ0v) is 12.0. The quantitative estimate of drug-likeness (QED) is 0.844. The Labute approximate surface area is 118 Å². The van der Waals surface area contributed by atoms with Gasteiger partial charge in [-0.2, -0.15) is 4.31 Å². The Hall–Kier alpha value is -1.40. The molecule has 4 rings (SSSR count). The van der Waals surface area contributed by atoms with Crippen LogP contribution in [0.25, 0.3) is 5.65 Å². The summed E-state index contributed by atoms with van der Waals surface area (Å²) in [5.41, 5.74) is 1.80. The minimum atomic E-state index is -3.12. The van der Waals surface area contributed by atoms with Gasteiger partial charge in [-0.05, 0) is 37.8 Å². The van der Waals surface area contributed by atoms with Gasteiger partial charge in [-0.15, -0.1) is 0 Å². The lowest BCUT2D eigenvalue weighted by Crippen LogP contribution is -2.35. The standard InChI is InChI=1S/C14H17N3O2S/c18-20(19,13-6-7-13)17(11-4-5-11)10-12-9-15-14-3-1-2-8-16(12)14/h1-3,8-9,11,13H,4-7,10H2. The Bertz CT molecular complexity index is 745. The van der Waals surface area contributed by atoms with Crippen LogP contribution in [0.2, 0.25) is 0 Å². The normalized spacial score (nSPS) is 19.9. The molecule has 0 aromatic carbocycles. The van der Waals surface area contributed by atoms with Crippen LogP contribution in [0, 0.1) is 0 Å². The molecule has 0 amide bonds. The van der Waals surface area contributed by atoms with E-state index in [-0.39, 0.29) is 11.3 Å². The molecule has 0 bridgehead atoms. The van der Waals surface area contributed by atoms with Crippen LogP contribution in [0.5, 0.6) is 0 Å². The molecule has 5 nitrogen and oxygen atoms in total. The molecule has 2 aliphatic carbocycles. The van der Waals surface area contributed by atoms with Gasteiger partial charge in [0.15, 0.2) is 0 Å². The maximum atomic E-state index is 12.5. The molecule has 2 heterocycles. The summed E-state index contributed by atoms with van der Waals surface area (Å²) < 4.78 is 28.7. The van der Waals surface area contributed by atoms with E-state index in [2.05, 4.69) is 4.98 Å². The predicted octanol–water partition coefficient (Wildman–Crippen LogP) is 1.79. The number of pyridine rings is 1. The first kappa shape index (κ1) is 12.3. The first-order chi connectivity index (χ1) is 9.66. The topological polar surface area (TPSA) is 54.7 Å². The molecule has 2 fully saturated rings. The van der Waals surface area contributed by atoms with E-state index >= 15 is 0 Å². The van der Waals surface area contributed by atoms with Gasteiger partial charge in [0.05, 0.1) is 23.7 Å². The molecule has 2 saturated carbocycles. The Morgan fingerprint density at radius 2 is 2.05 bits per heavy atom. The van der Waals surface area contributed by atoms with E-state index in [1.165, 1.54) is 0 Å². The molecule has 2 aromatic heterocycles. The predicted molar refractivity (Wildman–Crippen MR) is 75.7 cm³/mol. The summed E-state index contributed by atoms with van der Waals surface area (Å²) in [6.45, 7) is 0.439. The van der Waals surface area contributed by atoms with E-state index < -0.39 is 10.0 Å². The molecule has 0 aliphatic heterocycles. The lowest BCUT2D eigenvalue weighted by molar-refractivity contribution is 0.392. The van der Waals surface area contributed by atoms with Crippen molar-refractivity contribution in [1.82, 2.24) is 13.7 Å². The van der Waals surface area contributed by atoms with E-state index in [4.69, 9.17) is 0 Å². The average molecular weight is 291 g/mol. The smallest absolute Gasteiger partial charge is 0.217 e. The maximum absolute atomic E-state index is 12.5. The van der Waals surface area contributed by atoms with Gasteiger partial charge in [-0.25, -0.2) is 13.4 Å². The van der Waals surface area contributed by atoms with Crippen LogP contribution >= 0.6 is 0 Å². The maximum Gasteiger partial charge on any atom is 0.217 e. The Kier molecular flexibility index (Phi) is 2.65. The summed E-state index contributed by atoms with van der Waals surface area (Å²) in [7, 11) is -3.12. The van der Waals surface area contributed by atoms with Crippen molar-refractivity contribution in [2.75, 3.05) is 0 Å². The van der Waals surface area contributed by atoms with Crippen LogP contribution in [-0.4, -0.2) is 33.4 Å². The number of hydrogen-bond donors (Lipinski definition) is 0. The highest BCUT2D eigenvalue weighted by Crippen LogP contribution is 2.38. The molecule has 6 heteroatoms. The number of nitrogens with zero attached hydrogens (tertiary/aromatic N) is 3. The van der Waals surface area contributed by atoms with Crippen LogP contribution in [0.15, 0.2) is 30.6 Å². The Balaban J connectivity index is 1.68. The molecule has 2 aromatic rings. The molecule has 2 aliphatic rings. The van der Waals surface area contributed by atoms with Gasteiger partial charge in [0.1, 0.15) is 5.65 Å². The number of imidazole rings is 1. The Morgan fingerprint density at radius 1 is 1.25 bits per heavy atom. The third-order valence-corrected chi connectivity index (χ3v) is 6.43. The summed E-state index contributed by atoms with van der Waals surface area (Å²) >= 11 is 0. The van der Waals surface area contributed by atoms with Gasteiger partial charge in [0, 0.05) is 12.2 Å². The van der Waals surface area contributed by atoms with Crippen molar-refractivity contribution in [2.45, 2.75) is 43.5 Å². The molecule has 0 atom stereocenters. The van der Waals surface area contributed by atoms with Crippen LogP contribution in [0.4, 0.5) is 0 Å². The van der Waals surface area contributed by atoms with Gasteiger partial charge in [-0.1, -0.05) is 6.07 Å². The van der Waals surface area contributed by atoms with E-state index in [0.717, 1.165) is 37.0 Å². The third-order valence-electron chi connectivity index (χ3n) is 4.04. The summed E-state index contributed by atoms with van der Waals surface area (Å²) in [5, 5.41) is -0.137. The number of sulfonamides is 1. The lowest BCUT2D eigenvalue weighted by Gasteiger charge is -2.21. The summed E-state index contributed by atoms with van der Waals surface area (Å²) in [4.78, 5) is 4.34. The van der Waals surface area contributed by atoms with Crippen molar-refractivity contribution in [3.63, 3.8) is 0 Å². The first-order valence-electron chi connectivity index (χ1n) is 7.08. The molecule has 0 spiro atoms. The SMILES string of the molecule is O=S(=O)(C1CC1)N(Cc1cnc2ccccn12)C1CC1. The second-order valence-corrected chi connectivity index (χ2v) is 7.86. The molecular formula is C14H17N3O2S. The molecule has 20 heavy (non-hydrogen) atoms.